The SMILES string of the molecule is CC(Cc1cccc(-c2[c-]c(CC(O)(c3ccc(-c4ccccc4)cc3)c3ccccn3)cc3c2oc2c4ccccc4ccc32)n1)(c1[c-]cccc1)c1ccccn1.[Ir]. The van der Waals surface area contributed by atoms with Crippen molar-refractivity contribution >= 4 is 32.7 Å². The molecule has 0 saturated carbocycles. The molecule has 0 bridgehead atoms. The van der Waals surface area contributed by atoms with Gasteiger partial charge in [0.25, 0.3) is 0 Å². The molecular formula is C54H39IrN3O2-2. The van der Waals surface area contributed by atoms with E-state index >= 15 is 0 Å². The van der Waals surface area contributed by atoms with Gasteiger partial charge in [-0.05, 0) is 64.5 Å². The zero-order valence-corrected chi connectivity index (χ0v) is 35.2. The Balaban J connectivity index is 0.00000462. The van der Waals surface area contributed by atoms with Gasteiger partial charge in [-0.15, -0.1) is 23.3 Å². The van der Waals surface area contributed by atoms with E-state index in [2.05, 4.69) is 91.9 Å². The van der Waals surface area contributed by atoms with Crippen LogP contribution in [0.5, 0.6) is 0 Å². The Morgan fingerprint density at radius 2 is 1.32 bits per heavy atom. The van der Waals surface area contributed by atoms with Crippen molar-refractivity contribution in [3.05, 3.63) is 234 Å². The minimum atomic E-state index is -1.48. The quantitative estimate of drug-likeness (QED) is 0.138. The van der Waals surface area contributed by atoms with Gasteiger partial charge in [0.2, 0.25) is 0 Å². The van der Waals surface area contributed by atoms with Gasteiger partial charge in [-0.1, -0.05) is 133 Å². The predicted octanol–water partition coefficient (Wildman–Crippen LogP) is 11.9. The molecule has 1 radical (unpaired) electrons. The number of hydrogen-bond acceptors (Lipinski definition) is 5. The summed E-state index contributed by atoms with van der Waals surface area (Å²) in [5.74, 6) is 0. The molecule has 6 aromatic carbocycles. The topological polar surface area (TPSA) is 72.0 Å². The molecule has 4 aromatic heterocycles. The summed E-state index contributed by atoms with van der Waals surface area (Å²) in [6, 6.07) is 66.2. The summed E-state index contributed by atoms with van der Waals surface area (Å²) in [5.41, 5.74) is 8.13. The van der Waals surface area contributed by atoms with E-state index in [0.717, 1.165) is 77.6 Å². The van der Waals surface area contributed by atoms with E-state index in [1.807, 2.05) is 109 Å². The fraction of sp³-hybridized carbons (Fsp3) is 0.0926. The molecule has 2 unspecified atom stereocenters. The van der Waals surface area contributed by atoms with Gasteiger partial charge >= 0.3 is 0 Å². The Morgan fingerprint density at radius 3 is 2.07 bits per heavy atom. The van der Waals surface area contributed by atoms with Gasteiger partial charge in [0, 0.05) is 66.5 Å². The second-order valence-electron chi connectivity index (χ2n) is 15.4. The molecule has 6 heteroatoms. The minimum Gasteiger partial charge on any atom is -0.500 e. The van der Waals surface area contributed by atoms with Crippen LogP contribution in [0.25, 0.3) is 55.1 Å². The summed E-state index contributed by atoms with van der Waals surface area (Å²) in [6.07, 6.45) is 4.36. The molecule has 1 N–H and O–H groups in total. The van der Waals surface area contributed by atoms with Gasteiger partial charge in [0.1, 0.15) is 11.2 Å². The van der Waals surface area contributed by atoms with Crippen molar-refractivity contribution in [1.82, 2.24) is 15.0 Å². The number of benzene rings is 6. The Morgan fingerprint density at radius 1 is 0.600 bits per heavy atom. The van der Waals surface area contributed by atoms with Crippen LogP contribution < -0.4 is 0 Å². The Labute approximate surface area is 362 Å². The van der Waals surface area contributed by atoms with Crippen LogP contribution in [0.4, 0.5) is 0 Å². The van der Waals surface area contributed by atoms with Gasteiger partial charge in [-0.3, -0.25) is 9.97 Å². The molecule has 2 atom stereocenters. The molecule has 0 saturated heterocycles. The first kappa shape index (κ1) is 38.9. The van der Waals surface area contributed by atoms with E-state index in [9.17, 15) is 5.11 Å². The Hall–Kier alpha value is -6.56. The molecule has 0 aliphatic carbocycles. The van der Waals surface area contributed by atoms with E-state index in [-0.39, 0.29) is 26.5 Å². The second-order valence-corrected chi connectivity index (χ2v) is 15.4. The van der Waals surface area contributed by atoms with Crippen molar-refractivity contribution in [2.24, 2.45) is 0 Å². The number of pyridine rings is 3. The number of furan rings is 1. The molecule has 293 valence electrons. The van der Waals surface area contributed by atoms with Gasteiger partial charge in [-0.2, -0.15) is 30.3 Å². The standard InChI is InChI=1S/C54H39N3O2.Ir/c1-53(41-18-6-3-7-19-41,49-23-10-12-31-55-49)36-43-20-14-22-48(57-43)47-34-37(33-46-45-30-27-40-17-8-9-21-44(40)51(45)59-52(46)47)35-54(58,50-24-11-13-32-56-50)42-28-25-39(26-29-42)38-15-4-2-5-16-38;/h2-18,20-33,58H,35-36H2,1H3;/q-2;. The molecule has 0 amide bonds. The first-order valence-electron chi connectivity index (χ1n) is 19.9. The van der Waals surface area contributed by atoms with Crippen molar-refractivity contribution in [3.8, 4) is 22.4 Å². The van der Waals surface area contributed by atoms with E-state index < -0.39 is 11.0 Å². The largest absolute Gasteiger partial charge is 0.500 e. The molecule has 10 rings (SSSR count). The van der Waals surface area contributed by atoms with Crippen molar-refractivity contribution in [3.63, 3.8) is 0 Å². The van der Waals surface area contributed by atoms with Crippen LogP contribution in [0, 0.1) is 12.1 Å². The maximum absolute atomic E-state index is 13.0. The average molecular weight is 954 g/mol. The summed E-state index contributed by atoms with van der Waals surface area (Å²) in [6.45, 7) is 2.20. The van der Waals surface area contributed by atoms with Crippen molar-refractivity contribution in [1.29, 1.82) is 0 Å². The summed E-state index contributed by atoms with van der Waals surface area (Å²) < 4.78 is 6.88. The second kappa shape index (κ2) is 16.2. The fourth-order valence-corrected chi connectivity index (χ4v) is 8.50. The van der Waals surface area contributed by atoms with Crippen LogP contribution >= 0.6 is 0 Å². The molecule has 5 nitrogen and oxygen atoms in total. The van der Waals surface area contributed by atoms with Gasteiger partial charge < -0.3 is 14.5 Å². The number of fused-ring (bicyclic) bond motifs is 5. The smallest absolute Gasteiger partial charge is 0.134 e. The molecule has 10 aromatic rings. The number of rotatable bonds is 10. The average Bonchev–Trinajstić information content (AvgIpc) is 3.69. The molecule has 0 spiro atoms. The third-order valence-electron chi connectivity index (χ3n) is 11.6. The molecule has 60 heavy (non-hydrogen) atoms. The van der Waals surface area contributed by atoms with Crippen LogP contribution in [-0.4, -0.2) is 20.1 Å². The zero-order chi connectivity index (χ0) is 39.8. The normalized spacial score (nSPS) is 13.4. The van der Waals surface area contributed by atoms with Crippen LogP contribution in [0.1, 0.15) is 40.7 Å². The molecule has 0 aliphatic rings. The van der Waals surface area contributed by atoms with E-state index in [4.69, 9.17) is 19.4 Å². The summed E-state index contributed by atoms with van der Waals surface area (Å²) >= 11 is 0. The van der Waals surface area contributed by atoms with Crippen molar-refractivity contribution in [2.45, 2.75) is 30.8 Å². The van der Waals surface area contributed by atoms with Gasteiger partial charge in [0.05, 0.1) is 11.3 Å². The fourth-order valence-electron chi connectivity index (χ4n) is 8.50. The van der Waals surface area contributed by atoms with Gasteiger partial charge in [-0.25, -0.2) is 0 Å². The van der Waals surface area contributed by atoms with Gasteiger partial charge in [0.15, 0.2) is 0 Å². The molecular weight excluding hydrogens is 915 g/mol. The Bertz CT molecular complexity index is 3030. The first-order chi connectivity index (χ1) is 29.0. The van der Waals surface area contributed by atoms with Crippen LogP contribution in [0.2, 0.25) is 0 Å². The maximum Gasteiger partial charge on any atom is 0.134 e. The number of nitrogens with zero attached hydrogens (tertiary/aromatic N) is 3. The number of aromatic nitrogens is 3. The summed E-state index contributed by atoms with van der Waals surface area (Å²) in [5, 5.41) is 17.0. The van der Waals surface area contributed by atoms with E-state index in [0.29, 0.717) is 17.7 Å². The number of aliphatic hydroxyl groups is 1. The number of hydrogen-bond donors (Lipinski definition) is 1. The zero-order valence-electron chi connectivity index (χ0n) is 32.8. The third kappa shape index (κ3) is 7.13. The summed E-state index contributed by atoms with van der Waals surface area (Å²) in [4.78, 5) is 14.9. The van der Waals surface area contributed by atoms with Crippen molar-refractivity contribution in [2.75, 3.05) is 0 Å². The molecule has 0 aliphatic heterocycles. The monoisotopic (exact) mass is 954 g/mol. The van der Waals surface area contributed by atoms with E-state index in [1.165, 1.54) is 0 Å². The first-order valence-corrected chi connectivity index (χ1v) is 19.9. The molecule has 4 heterocycles. The van der Waals surface area contributed by atoms with Crippen molar-refractivity contribution < 1.29 is 29.6 Å². The van der Waals surface area contributed by atoms with E-state index in [1.54, 1.807) is 6.20 Å². The van der Waals surface area contributed by atoms with Crippen LogP contribution in [0.3, 0.4) is 0 Å². The maximum atomic E-state index is 13.0. The Kier molecular flexibility index (Phi) is 10.5. The summed E-state index contributed by atoms with van der Waals surface area (Å²) in [7, 11) is 0. The third-order valence-corrected chi connectivity index (χ3v) is 11.6. The predicted molar refractivity (Wildman–Crippen MR) is 236 cm³/mol. The van der Waals surface area contributed by atoms with Crippen LogP contribution in [0.15, 0.2) is 193 Å². The molecule has 0 fully saturated rings. The minimum absolute atomic E-state index is 0. The van der Waals surface area contributed by atoms with Crippen LogP contribution in [-0.2, 0) is 44.0 Å².